The highest BCUT2D eigenvalue weighted by Crippen LogP contribution is 2.25. The van der Waals surface area contributed by atoms with E-state index in [0.717, 1.165) is 49.1 Å². The highest BCUT2D eigenvalue weighted by molar-refractivity contribution is 5.66. The first-order valence-corrected chi connectivity index (χ1v) is 8.89. The van der Waals surface area contributed by atoms with Gasteiger partial charge < -0.3 is 15.0 Å². The van der Waals surface area contributed by atoms with Crippen LogP contribution >= 0.6 is 0 Å². The molecule has 2 aromatic carbocycles. The van der Waals surface area contributed by atoms with E-state index in [1.165, 1.54) is 5.56 Å². The van der Waals surface area contributed by atoms with Crippen molar-refractivity contribution in [2.45, 2.75) is 6.92 Å². The van der Waals surface area contributed by atoms with E-state index in [1.54, 1.807) is 0 Å². The van der Waals surface area contributed by atoms with Gasteiger partial charge in [0.25, 0.3) is 0 Å². The highest BCUT2D eigenvalue weighted by atomic mass is 16.5. The van der Waals surface area contributed by atoms with Crippen molar-refractivity contribution in [2.75, 3.05) is 36.5 Å². The van der Waals surface area contributed by atoms with Crippen LogP contribution in [0.5, 0.6) is 0 Å². The molecule has 1 aliphatic rings. The minimum absolute atomic E-state index is 0.608. The molecule has 5 nitrogen and oxygen atoms in total. The normalized spacial score (nSPS) is 14.3. The molecule has 0 spiro atoms. The zero-order chi connectivity index (χ0) is 17.8. The van der Waals surface area contributed by atoms with E-state index in [4.69, 9.17) is 14.7 Å². The van der Waals surface area contributed by atoms with Gasteiger partial charge in [0.15, 0.2) is 0 Å². The minimum Gasteiger partial charge on any atom is -0.378 e. The van der Waals surface area contributed by atoms with Crippen LogP contribution in [0.3, 0.4) is 0 Å². The maximum absolute atomic E-state index is 5.47. The van der Waals surface area contributed by atoms with Gasteiger partial charge in [0, 0.05) is 30.4 Å². The lowest BCUT2D eigenvalue weighted by molar-refractivity contribution is 0.122. The Bertz CT molecular complexity index is 859. The second-order valence-corrected chi connectivity index (χ2v) is 6.39. The van der Waals surface area contributed by atoms with Gasteiger partial charge in [-0.3, -0.25) is 0 Å². The van der Waals surface area contributed by atoms with Crippen molar-refractivity contribution >= 4 is 17.5 Å². The molecule has 0 bridgehead atoms. The molecule has 0 atom stereocenters. The maximum atomic E-state index is 5.47. The summed E-state index contributed by atoms with van der Waals surface area (Å²) in [5.74, 6) is 1.54. The largest absolute Gasteiger partial charge is 0.378 e. The number of ether oxygens (including phenoxy) is 1. The lowest BCUT2D eigenvalue weighted by Gasteiger charge is -2.28. The fraction of sp³-hybridized carbons (Fsp3) is 0.238. The number of rotatable bonds is 4. The lowest BCUT2D eigenvalue weighted by atomic mass is 10.1. The van der Waals surface area contributed by atoms with E-state index in [1.807, 2.05) is 30.3 Å². The van der Waals surface area contributed by atoms with E-state index >= 15 is 0 Å². The molecule has 5 heteroatoms. The van der Waals surface area contributed by atoms with Crippen molar-refractivity contribution in [1.29, 1.82) is 0 Å². The molecule has 1 aromatic heterocycles. The second kappa shape index (κ2) is 7.54. The van der Waals surface area contributed by atoms with Crippen molar-refractivity contribution in [3.63, 3.8) is 0 Å². The zero-order valence-corrected chi connectivity index (χ0v) is 14.9. The number of hydrogen-bond donors (Lipinski definition) is 1. The molecule has 132 valence electrons. The van der Waals surface area contributed by atoms with Crippen molar-refractivity contribution in [3.05, 3.63) is 66.2 Å². The van der Waals surface area contributed by atoms with Crippen LogP contribution in [0.1, 0.15) is 5.56 Å². The summed E-state index contributed by atoms with van der Waals surface area (Å²) in [5, 5.41) is 3.34. The van der Waals surface area contributed by atoms with Crippen LogP contribution in [0.15, 0.2) is 60.7 Å². The average molecular weight is 346 g/mol. The number of nitrogens with zero attached hydrogens (tertiary/aromatic N) is 3. The van der Waals surface area contributed by atoms with Crippen molar-refractivity contribution in [2.24, 2.45) is 0 Å². The molecular formula is C21H22N4O. The number of nitrogens with one attached hydrogen (secondary N) is 1. The van der Waals surface area contributed by atoms with Crippen LogP contribution in [0.4, 0.5) is 17.5 Å². The Morgan fingerprint density at radius 2 is 1.65 bits per heavy atom. The topological polar surface area (TPSA) is 50.3 Å². The molecule has 2 heterocycles. The summed E-state index contributed by atoms with van der Waals surface area (Å²) in [5.41, 5.74) is 4.20. The molecule has 0 amide bonds. The van der Waals surface area contributed by atoms with Gasteiger partial charge in [-0.1, -0.05) is 48.0 Å². The Morgan fingerprint density at radius 1 is 0.923 bits per heavy atom. The summed E-state index contributed by atoms with van der Waals surface area (Å²) in [7, 11) is 0. The van der Waals surface area contributed by atoms with E-state index in [-0.39, 0.29) is 0 Å². The first-order valence-electron chi connectivity index (χ1n) is 8.89. The van der Waals surface area contributed by atoms with E-state index in [2.05, 4.69) is 47.5 Å². The minimum atomic E-state index is 0.608. The molecular weight excluding hydrogens is 324 g/mol. The molecule has 1 aliphatic heterocycles. The SMILES string of the molecule is Cc1ccc(Nc2nc(-c3ccccc3)cc(N3CCOCC3)n2)cc1. The number of anilines is 3. The fourth-order valence-corrected chi connectivity index (χ4v) is 2.97. The maximum Gasteiger partial charge on any atom is 0.229 e. The standard InChI is InChI=1S/C21H22N4O/c1-16-7-9-18(10-8-16)22-21-23-19(17-5-3-2-4-6-17)15-20(24-21)25-11-13-26-14-12-25/h2-10,15H,11-14H2,1H3,(H,22,23,24). The monoisotopic (exact) mass is 346 g/mol. The third-order valence-electron chi connectivity index (χ3n) is 4.42. The van der Waals surface area contributed by atoms with Gasteiger partial charge in [-0.2, -0.15) is 4.98 Å². The number of aromatic nitrogens is 2. The van der Waals surface area contributed by atoms with Gasteiger partial charge in [0.1, 0.15) is 5.82 Å². The van der Waals surface area contributed by atoms with Crippen LogP contribution in [-0.4, -0.2) is 36.3 Å². The summed E-state index contributed by atoms with van der Waals surface area (Å²) in [4.78, 5) is 11.7. The highest BCUT2D eigenvalue weighted by Gasteiger charge is 2.15. The Kier molecular flexibility index (Phi) is 4.80. The van der Waals surface area contributed by atoms with Crippen LogP contribution in [0.2, 0.25) is 0 Å². The van der Waals surface area contributed by atoms with Gasteiger partial charge in [-0.05, 0) is 19.1 Å². The zero-order valence-electron chi connectivity index (χ0n) is 14.9. The fourth-order valence-electron chi connectivity index (χ4n) is 2.97. The lowest BCUT2D eigenvalue weighted by Crippen LogP contribution is -2.36. The number of benzene rings is 2. The predicted octanol–water partition coefficient (Wildman–Crippen LogP) is 4.03. The van der Waals surface area contributed by atoms with Gasteiger partial charge >= 0.3 is 0 Å². The van der Waals surface area contributed by atoms with E-state index < -0.39 is 0 Å². The van der Waals surface area contributed by atoms with Crippen LogP contribution in [0.25, 0.3) is 11.3 Å². The molecule has 4 rings (SSSR count). The molecule has 0 aliphatic carbocycles. The third-order valence-corrected chi connectivity index (χ3v) is 4.42. The third kappa shape index (κ3) is 3.83. The summed E-state index contributed by atoms with van der Waals surface area (Å²) >= 11 is 0. The van der Waals surface area contributed by atoms with Gasteiger partial charge in [-0.25, -0.2) is 4.98 Å². The van der Waals surface area contributed by atoms with Crippen molar-refractivity contribution in [1.82, 2.24) is 9.97 Å². The summed E-state index contributed by atoms with van der Waals surface area (Å²) < 4.78 is 5.47. The van der Waals surface area contributed by atoms with Crippen molar-refractivity contribution < 1.29 is 4.74 Å². The smallest absolute Gasteiger partial charge is 0.229 e. The predicted molar refractivity (Wildman–Crippen MR) is 105 cm³/mol. The summed E-state index contributed by atoms with van der Waals surface area (Å²) in [6.07, 6.45) is 0. The van der Waals surface area contributed by atoms with Crippen LogP contribution in [0, 0.1) is 6.92 Å². The molecule has 1 saturated heterocycles. The van der Waals surface area contributed by atoms with Gasteiger partial charge in [0.05, 0.1) is 18.9 Å². The van der Waals surface area contributed by atoms with E-state index in [0.29, 0.717) is 5.95 Å². The Balaban J connectivity index is 1.70. The van der Waals surface area contributed by atoms with Crippen LogP contribution < -0.4 is 10.2 Å². The van der Waals surface area contributed by atoms with Crippen LogP contribution in [-0.2, 0) is 4.74 Å². The second-order valence-electron chi connectivity index (χ2n) is 6.39. The average Bonchev–Trinajstić information content (AvgIpc) is 2.71. The number of aryl methyl sites for hydroxylation is 1. The molecule has 1 fully saturated rings. The Labute approximate surface area is 153 Å². The van der Waals surface area contributed by atoms with Gasteiger partial charge in [0.2, 0.25) is 5.95 Å². The number of hydrogen-bond acceptors (Lipinski definition) is 5. The Morgan fingerprint density at radius 3 is 2.38 bits per heavy atom. The molecule has 0 saturated carbocycles. The van der Waals surface area contributed by atoms with E-state index in [9.17, 15) is 0 Å². The van der Waals surface area contributed by atoms with Crippen molar-refractivity contribution in [3.8, 4) is 11.3 Å². The van der Waals surface area contributed by atoms with Gasteiger partial charge in [-0.15, -0.1) is 0 Å². The first-order chi connectivity index (χ1) is 12.8. The quantitative estimate of drug-likeness (QED) is 0.773. The molecule has 0 radical (unpaired) electrons. The molecule has 3 aromatic rings. The summed E-state index contributed by atoms with van der Waals surface area (Å²) in [6, 6.07) is 20.5. The first kappa shape index (κ1) is 16.5. The Hall–Kier alpha value is -2.92. The molecule has 1 N–H and O–H groups in total. The molecule has 26 heavy (non-hydrogen) atoms. The molecule has 0 unspecified atom stereocenters. The summed E-state index contributed by atoms with van der Waals surface area (Å²) in [6.45, 7) is 5.22. The number of morpholine rings is 1.